The lowest BCUT2D eigenvalue weighted by Gasteiger charge is -2.13. The molecule has 0 saturated heterocycles. The van der Waals surface area contributed by atoms with Gasteiger partial charge in [-0.25, -0.2) is 13.2 Å². The van der Waals surface area contributed by atoms with Gasteiger partial charge in [0.2, 0.25) is 5.91 Å². The lowest BCUT2D eigenvalue weighted by atomic mass is 10.3. The van der Waals surface area contributed by atoms with E-state index in [1.165, 1.54) is 4.68 Å². The predicted octanol–water partition coefficient (Wildman–Crippen LogP) is -0.114. The van der Waals surface area contributed by atoms with E-state index in [4.69, 9.17) is 16.7 Å². The zero-order valence-corrected chi connectivity index (χ0v) is 13.3. The number of aliphatic carboxylic acids is 1. The second-order valence-corrected chi connectivity index (χ2v) is 7.10. The van der Waals surface area contributed by atoms with Crippen molar-refractivity contribution in [2.45, 2.75) is 25.6 Å². The Bertz CT molecular complexity index is 668. The van der Waals surface area contributed by atoms with Crippen LogP contribution in [0.2, 0.25) is 5.02 Å². The maximum absolute atomic E-state index is 12.1. The molecular formula is C11H16ClN3O5S. The minimum atomic E-state index is -3.80. The van der Waals surface area contributed by atoms with Gasteiger partial charge in [-0.15, -0.1) is 0 Å². The van der Waals surface area contributed by atoms with Crippen molar-refractivity contribution in [1.29, 1.82) is 0 Å². The van der Waals surface area contributed by atoms with Crippen molar-refractivity contribution in [3.8, 4) is 0 Å². The molecule has 0 aliphatic rings. The lowest BCUT2D eigenvalue weighted by Crippen LogP contribution is -2.44. The Morgan fingerprint density at radius 1 is 1.48 bits per heavy atom. The van der Waals surface area contributed by atoms with Crippen LogP contribution in [0.25, 0.3) is 0 Å². The van der Waals surface area contributed by atoms with Crippen LogP contribution in [0.15, 0.2) is 0 Å². The van der Waals surface area contributed by atoms with E-state index in [0.717, 1.165) is 6.92 Å². The Hall–Kier alpha value is -1.61. The SMILES string of the molecule is CC(=O)N[C@@H](CS(=O)(=O)Cc1c(Cl)c(C)nn1C)C(=O)O. The number of rotatable bonds is 6. The van der Waals surface area contributed by atoms with E-state index in [1.807, 2.05) is 0 Å². The van der Waals surface area contributed by atoms with Crippen molar-refractivity contribution in [3.63, 3.8) is 0 Å². The van der Waals surface area contributed by atoms with Crippen molar-refractivity contribution in [1.82, 2.24) is 15.1 Å². The number of carboxylic acids is 1. The first-order valence-electron chi connectivity index (χ1n) is 5.92. The van der Waals surface area contributed by atoms with Gasteiger partial charge >= 0.3 is 5.97 Å². The van der Waals surface area contributed by atoms with Crippen LogP contribution in [-0.4, -0.2) is 47.0 Å². The number of nitrogens with one attached hydrogen (secondary N) is 1. The largest absolute Gasteiger partial charge is 0.480 e. The van der Waals surface area contributed by atoms with Crippen LogP contribution in [0.1, 0.15) is 18.3 Å². The number of carbonyl (C=O) groups excluding carboxylic acids is 1. The molecule has 8 nitrogen and oxygen atoms in total. The highest BCUT2D eigenvalue weighted by Gasteiger charge is 2.28. The topological polar surface area (TPSA) is 118 Å². The third-order valence-corrected chi connectivity index (χ3v) is 4.76. The molecular weight excluding hydrogens is 322 g/mol. The predicted molar refractivity (Wildman–Crippen MR) is 75.7 cm³/mol. The standard InChI is InChI=1S/C11H16ClN3O5S/c1-6-10(12)9(15(3)14-6)5-21(19,20)4-8(11(17)18)13-7(2)16/h8H,4-5H2,1-3H3,(H,13,16)(H,17,18)/t8-/m0/s1. The number of aromatic nitrogens is 2. The number of carbonyl (C=O) groups is 2. The molecule has 0 bridgehead atoms. The molecule has 1 amide bonds. The molecule has 0 aromatic carbocycles. The van der Waals surface area contributed by atoms with Gasteiger partial charge in [0.1, 0.15) is 6.04 Å². The minimum Gasteiger partial charge on any atom is -0.480 e. The smallest absolute Gasteiger partial charge is 0.327 e. The summed E-state index contributed by atoms with van der Waals surface area (Å²) in [5, 5.41) is 15.2. The molecule has 0 saturated carbocycles. The van der Waals surface area contributed by atoms with Crippen LogP contribution >= 0.6 is 11.6 Å². The number of amides is 1. The summed E-state index contributed by atoms with van der Waals surface area (Å²) in [5.41, 5.74) is 0.766. The van der Waals surface area contributed by atoms with E-state index in [1.54, 1.807) is 14.0 Å². The number of aryl methyl sites for hydroxylation is 2. The van der Waals surface area contributed by atoms with Crippen molar-refractivity contribution in [3.05, 3.63) is 16.4 Å². The van der Waals surface area contributed by atoms with Gasteiger partial charge in [0.15, 0.2) is 9.84 Å². The van der Waals surface area contributed by atoms with E-state index in [-0.39, 0.29) is 10.7 Å². The van der Waals surface area contributed by atoms with Crippen LogP contribution in [0.5, 0.6) is 0 Å². The zero-order valence-electron chi connectivity index (χ0n) is 11.8. The Kier molecular flexibility index (Phi) is 5.35. The lowest BCUT2D eigenvalue weighted by molar-refractivity contribution is -0.140. The van der Waals surface area contributed by atoms with E-state index >= 15 is 0 Å². The molecule has 2 N–H and O–H groups in total. The summed E-state index contributed by atoms with van der Waals surface area (Å²) in [6.07, 6.45) is 0. The number of hydrogen-bond donors (Lipinski definition) is 2. The summed E-state index contributed by atoms with van der Waals surface area (Å²) in [6, 6.07) is -1.50. The van der Waals surface area contributed by atoms with E-state index < -0.39 is 39.3 Å². The molecule has 21 heavy (non-hydrogen) atoms. The molecule has 0 aliphatic heterocycles. The summed E-state index contributed by atoms with van der Waals surface area (Å²) >= 11 is 5.97. The first-order chi connectivity index (χ1) is 9.53. The summed E-state index contributed by atoms with van der Waals surface area (Å²) in [6.45, 7) is 2.75. The highest BCUT2D eigenvalue weighted by molar-refractivity contribution is 7.90. The van der Waals surface area contributed by atoms with E-state index in [9.17, 15) is 18.0 Å². The van der Waals surface area contributed by atoms with Gasteiger partial charge in [-0.2, -0.15) is 5.10 Å². The van der Waals surface area contributed by atoms with Gasteiger partial charge in [0, 0.05) is 14.0 Å². The molecule has 1 aromatic rings. The first kappa shape index (κ1) is 17.4. The van der Waals surface area contributed by atoms with Gasteiger partial charge in [-0.05, 0) is 6.92 Å². The maximum atomic E-state index is 12.1. The van der Waals surface area contributed by atoms with Crippen molar-refractivity contribution < 1.29 is 23.1 Å². The van der Waals surface area contributed by atoms with Crippen molar-refractivity contribution in [2.75, 3.05) is 5.75 Å². The molecule has 118 valence electrons. The minimum absolute atomic E-state index is 0.229. The average Bonchev–Trinajstić information content (AvgIpc) is 2.54. The van der Waals surface area contributed by atoms with Gasteiger partial charge in [-0.1, -0.05) is 11.6 Å². The zero-order chi connectivity index (χ0) is 16.4. The summed E-state index contributed by atoms with van der Waals surface area (Å²) in [4.78, 5) is 21.9. The fourth-order valence-corrected chi connectivity index (χ4v) is 3.68. The van der Waals surface area contributed by atoms with Gasteiger partial charge in [0.25, 0.3) is 0 Å². The fraction of sp³-hybridized carbons (Fsp3) is 0.545. The Morgan fingerprint density at radius 3 is 2.43 bits per heavy atom. The average molecular weight is 338 g/mol. The third-order valence-electron chi connectivity index (χ3n) is 2.71. The Morgan fingerprint density at radius 2 is 2.05 bits per heavy atom. The maximum Gasteiger partial charge on any atom is 0.327 e. The van der Waals surface area contributed by atoms with Gasteiger partial charge in [0.05, 0.1) is 27.9 Å². The molecule has 1 heterocycles. The van der Waals surface area contributed by atoms with Gasteiger partial charge in [-0.3, -0.25) is 9.48 Å². The summed E-state index contributed by atoms with van der Waals surface area (Å²) < 4.78 is 25.5. The molecule has 10 heteroatoms. The van der Waals surface area contributed by atoms with Gasteiger partial charge < -0.3 is 10.4 Å². The normalized spacial score (nSPS) is 13.0. The van der Waals surface area contributed by atoms with Crippen molar-refractivity contribution >= 4 is 33.3 Å². The second-order valence-electron chi connectivity index (χ2n) is 4.62. The third kappa shape index (κ3) is 4.71. The molecule has 0 radical (unpaired) electrons. The molecule has 0 aliphatic carbocycles. The number of carboxylic acid groups (broad SMARTS) is 1. The Balaban J connectivity index is 2.95. The van der Waals surface area contributed by atoms with Crippen molar-refractivity contribution in [2.24, 2.45) is 7.05 Å². The quantitative estimate of drug-likeness (QED) is 0.747. The second kappa shape index (κ2) is 6.44. The molecule has 1 rings (SSSR count). The number of sulfone groups is 1. The monoisotopic (exact) mass is 337 g/mol. The highest BCUT2D eigenvalue weighted by Crippen LogP contribution is 2.21. The fourth-order valence-electron chi connectivity index (χ4n) is 1.78. The number of nitrogens with zero attached hydrogens (tertiary/aromatic N) is 2. The van der Waals surface area contributed by atoms with Crippen LogP contribution < -0.4 is 5.32 Å². The highest BCUT2D eigenvalue weighted by atomic mass is 35.5. The number of halogens is 1. The summed E-state index contributed by atoms with van der Waals surface area (Å²) in [7, 11) is -2.25. The first-order valence-corrected chi connectivity index (χ1v) is 8.11. The van der Waals surface area contributed by atoms with Crippen LogP contribution in [0, 0.1) is 6.92 Å². The molecule has 0 unspecified atom stereocenters. The molecule has 1 atom stereocenters. The molecule has 0 spiro atoms. The summed E-state index contributed by atoms with van der Waals surface area (Å²) in [5.74, 6) is -3.21. The van der Waals surface area contributed by atoms with Crippen LogP contribution in [0.3, 0.4) is 0 Å². The Labute approximate surface area is 127 Å². The number of hydrogen-bond acceptors (Lipinski definition) is 5. The van der Waals surface area contributed by atoms with Crippen LogP contribution in [-0.2, 0) is 32.2 Å². The molecule has 0 fully saturated rings. The molecule has 1 aromatic heterocycles. The van der Waals surface area contributed by atoms with Crippen LogP contribution in [0.4, 0.5) is 0 Å². The van der Waals surface area contributed by atoms with E-state index in [0.29, 0.717) is 5.69 Å². The van der Waals surface area contributed by atoms with E-state index in [2.05, 4.69) is 10.4 Å².